The molecule has 0 spiro atoms. The first kappa shape index (κ1) is 41.1. The molecule has 0 N–H and O–H groups in total. The van der Waals surface area contributed by atoms with E-state index in [-0.39, 0.29) is 47.8 Å². The van der Waals surface area contributed by atoms with Crippen molar-refractivity contribution < 1.29 is 38.0 Å². The number of ether oxygens (including phenoxy) is 4. The minimum absolute atomic E-state index is 0.0778. The van der Waals surface area contributed by atoms with Crippen molar-refractivity contribution in [2.75, 3.05) is 65.8 Å². The van der Waals surface area contributed by atoms with Crippen LogP contribution in [0.4, 0.5) is 10.5 Å². The Morgan fingerprint density at radius 3 is 2.41 bits per heavy atom. The molecule has 3 aromatic carbocycles. The number of benzene rings is 3. The van der Waals surface area contributed by atoms with Gasteiger partial charge in [0.25, 0.3) is 0 Å². The number of hydrogen-bond acceptors (Lipinski definition) is 12. The second kappa shape index (κ2) is 20.6. The van der Waals surface area contributed by atoms with Crippen LogP contribution in [0, 0.1) is 16.7 Å². The van der Waals surface area contributed by atoms with Crippen LogP contribution in [0.2, 0.25) is 0 Å². The Morgan fingerprint density at radius 1 is 0.810 bits per heavy atom. The van der Waals surface area contributed by atoms with Gasteiger partial charge in [-0.15, -0.1) is 4.91 Å². The number of ketones is 2. The van der Waals surface area contributed by atoms with E-state index in [1.54, 1.807) is 12.1 Å². The van der Waals surface area contributed by atoms with Gasteiger partial charge in [0.15, 0.2) is 11.3 Å². The molecule has 3 aliphatic rings. The second-order valence-corrected chi connectivity index (χ2v) is 15.5. The summed E-state index contributed by atoms with van der Waals surface area (Å²) >= 11 is 0. The summed E-state index contributed by atoms with van der Waals surface area (Å²) in [6.07, 6.45) is 5.99. The number of Topliss-reactive ketones (excluding diaryl/α,β-unsaturated/α-hetero) is 2. The average Bonchev–Trinajstić information content (AvgIpc) is 3.76. The van der Waals surface area contributed by atoms with E-state index in [2.05, 4.69) is 51.9 Å². The topological polar surface area (TPSA) is 163 Å². The molecule has 14 nitrogen and oxygen atoms in total. The lowest BCUT2D eigenvalue weighted by Gasteiger charge is -2.43. The molecule has 0 bridgehead atoms. The van der Waals surface area contributed by atoms with Gasteiger partial charge in [-0.05, 0) is 94.8 Å². The molecule has 58 heavy (non-hydrogen) atoms. The Kier molecular flexibility index (Phi) is 14.6. The minimum atomic E-state index is 0.0778. The van der Waals surface area contributed by atoms with E-state index in [1.807, 2.05) is 28.0 Å². The number of carbonyl (C=O) groups is 3. The Balaban J connectivity index is 0.793. The summed E-state index contributed by atoms with van der Waals surface area (Å²) in [6, 6.07) is 22.4. The van der Waals surface area contributed by atoms with Crippen LogP contribution in [0.15, 0.2) is 76.5 Å². The van der Waals surface area contributed by atoms with Gasteiger partial charge in [0.05, 0.1) is 32.5 Å². The van der Waals surface area contributed by atoms with Crippen LogP contribution >= 0.6 is 0 Å². The lowest BCUT2D eigenvalue weighted by atomic mass is 9.76. The summed E-state index contributed by atoms with van der Waals surface area (Å²) in [4.78, 5) is 52.9. The van der Waals surface area contributed by atoms with Crippen LogP contribution < -0.4 is 4.74 Å². The fourth-order valence-electron chi connectivity index (χ4n) is 8.61. The van der Waals surface area contributed by atoms with E-state index in [1.165, 1.54) is 11.1 Å². The zero-order chi connectivity index (χ0) is 40.1. The highest BCUT2D eigenvalue weighted by Crippen LogP contribution is 2.39. The molecule has 4 aromatic rings. The number of fused-ring (bicyclic) bond motifs is 2. The highest BCUT2D eigenvalue weighted by Gasteiger charge is 2.39. The SMILES string of the molecule is O=Nc1ccc(CCCOCCOCCC(=O)CCCOc2cccc(C(c3ccccc3)C3CCN(C(=O)N4CC[C@@H]5OCC(=O)C[C@@H]5C4)CC3)c2)c2nonc12. The van der Waals surface area contributed by atoms with Crippen molar-refractivity contribution in [2.45, 2.75) is 69.8 Å². The number of nitrogens with zero attached hydrogens (tertiary/aromatic N) is 5. The Morgan fingerprint density at radius 2 is 1.59 bits per heavy atom. The molecular weight excluding hydrogens is 743 g/mol. The first-order valence-electron chi connectivity index (χ1n) is 20.7. The summed E-state index contributed by atoms with van der Waals surface area (Å²) < 4.78 is 28.0. The molecule has 0 aliphatic carbocycles. The smallest absolute Gasteiger partial charge is 0.320 e. The summed E-state index contributed by atoms with van der Waals surface area (Å²) in [5.74, 6) is 1.66. The Hall–Kier alpha value is -5.05. The first-order chi connectivity index (χ1) is 28.5. The van der Waals surface area contributed by atoms with Crippen molar-refractivity contribution in [3.63, 3.8) is 0 Å². The van der Waals surface area contributed by atoms with Crippen LogP contribution in [-0.4, -0.2) is 110 Å². The molecule has 3 fully saturated rings. The normalized spacial score (nSPS) is 19.2. The van der Waals surface area contributed by atoms with E-state index in [9.17, 15) is 19.3 Å². The number of rotatable bonds is 19. The van der Waals surface area contributed by atoms with Crippen LogP contribution in [0.25, 0.3) is 11.0 Å². The third-order valence-corrected chi connectivity index (χ3v) is 11.6. The van der Waals surface area contributed by atoms with Crippen LogP contribution in [-0.2, 0) is 30.2 Å². The number of nitroso groups, excluding NO2 is 1. The van der Waals surface area contributed by atoms with Crippen LogP contribution in [0.1, 0.15) is 74.0 Å². The largest absolute Gasteiger partial charge is 0.494 e. The standard InChI is InChI=1S/C44H53N5O9/c50-36(18-24-55-26-25-54-22-5-10-33-13-14-39(45-53)43-42(33)46-58-47-43)11-6-23-56-38-12-4-9-34(28-38)41(31-7-2-1-3-8-31)32-15-19-48(20-16-32)44(52)49-21-17-40-35(29-49)27-37(51)30-57-40/h1-4,7-9,12-14,28,32,35,40-41H,5-6,10-11,15-27,29-30H2/t35-,40+,41?/m1/s1. The molecule has 3 aliphatic heterocycles. The maximum Gasteiger partial charge on any atom is 0.320 e. The van der Waals surface area contributed by atoms with Crippen molar-refractivity contribution in [2.24, 2.45) is 17.0 Å². The number of piperidine rings is 2. The van der Waals surface area contributed by atoms with Gasteiger partial charge in [0.1, 0.15) is 29.3 Å². The van der Waals surface area contributed by atoms with E-state index >= 15 is 0 Å². The van der Waals surface area contributed by atoms with E-state index in [0.717, 1.165) is 37.0 Å². The number of aromatic nitrogens is 2. The van der Waals surface area contributed by atoms with Crippen molar-refractivity contribution in [1.29, 1.82) is 0 Å². The molecule has 2 amide bonds. The fraction of sp³-hybridized carbons (Fsp3) is 0.523. The number of aryl methyl sites for hydroxylation is 1. The van der Waals surface area contributed by atoms with Gasteiger partial charge in [0, 0.05) is 63.9 Å². The second-order valence-electron chi connectivity index (χ2n) is 15.5. The number of hydrogen-bond donors (Lipinski definition) is 0. The van der Waals surface area contributed by atoms with Crippen molar-refractivity contribution in [3.05, 3.63) is 88.3 Å². The maximum absolute atomic E-state index is 13.6. The summed E-state index contributed by atoms with van der Waals surface area (Å²) in [5.41, 5.74) is 4.46. The lowest BCUT2D eigenvalue weighted by Crippen LogP contribution is -2.54. The lowest BCUT2D eigenvalue weighted by molar-refractivity contribution is -0.140. The van der Waals surface area contributed by atoms with E-state index in [0.29, 0.717) is 108 Å². The molecule has 1 aromatic heterocycles. The van der Waals surface area contributed by atoms with Crippen LogP contribution in [0.3, 0.4) is 0 Å². The number of likely N-dealkylation sites (tertiary alicyclic amines) is 2. The molecule has 308 valence electrons. The zero-order valence-electron chi connectivity index (χ0n) is 33.0. The van der Waals surface area contributed by atoms with E-state index < -0.39 is 0 Å². The predicted octanol–water partition coefficient (Wildman–Crippen LogP) is 7.05. The number of urea groups is 1. The quantitative estimate of drug-likeness (QED) is 0.0706. The predicted molar refractivity (Wildman–Crippen MR) is 215 cm³/mol. The fourth-order valence-corrected chi connectivity index (χ4v) is 8.61. The Labute approximate surface area is 338 Å². The van der Waals surface area contributed by atoms with Gasteiger partial charge in [-0.3, -0.25) is 9.59 Å². The molecule has 1 unspecified atom stereocenters. The highest BCUT2D eigenvalue weighted by molar-refractivity contribution is 5.87. The van der Waals surface area contributed by atoms with Crippen molar-refractivity contribution >= 4 is 34.3 Å². The molecule has 4 heterocycles. The monoisotopic (exact) mass is 795 g/mol. The molecule has 0 radical (unpaired) electrons. The summed E-state index contributed by atoms with van der Waals surface area (Å²) in [6.45, 7) is 5.02. The Bertz CT molecular complexity index is 1980. The van der Waals surface area contributed by atoms with Crippen LogP contribution in [0.5, 0.6) is 5.75 Å². The van der Waals surface area contributed by atoms with Gasteiger partial charge < -0.3 is 28.7 Å². The van der Waals surface area contributed by atoms with Crippen molar-refractivity contribution in [3.8, 4) is 5.75 Å². The number of amides is 2. The third kappa shape index (κ3) is 10.7. The van der Waals surface area contributed by atoms with Gasteiger partial charge in [0.2, 0.25) is 0 Å². The summed E-state index contributed by atoms with van der Waals surface area (Å²) in [5, 5.41) is 10.6. The first-order valence-corrected chi connectivity index (χ1v) is 20.7. The molecule has 7 rings (SSSR count). The van der Waals surface area contributed by atoms with Gasteiger partial charge in [-0.25, -0.2) is 9.42 Å². The van der Waals surface area contributed by atoms with Crippen molar-refractivity contribution in [1.82, 2.24) is 20.1 Å². The maximum atomic E-state index is 13.6. The molecule has 0 saturated carbocycles. The summed E-state index contributed by atoms with van der Waals surface area (Å²) in [7, 11) is 0. The van der Waals surface area contributed by atoms with Gasteiger partial charge in [-0.2, -0.15) is 0 Å². The highest BCUT2D eigenvalue weighted by atomic mass is 16.6. The molecule has 3 saturated heterocycles. The zero-order valence-corrected chi connectivity index (χ0v) is 33.0. The molecular formula is C44H53N5O9. The third-order valence-electron chi connectivity index (χ3n) is 11.6. The number of carbonyl (C=O) groups excluding carboxylic acids is 3. The average molecular weight is 796 g/mol. The van der Waals surface area contributed by atoms with E-state index in [4.69, 9.17) is 23.6 Å². The molecule has 3 atom stereocenters. The van der Waals surface area contributed by atoms with Gasteiger partial charge in [-0.1, -0.05) is 48.5 Å². The minimum Gasteiger partial charge on any atom is -0.494 e. The van der Waals surface area contributed by atoms with Gasteiger partial charge >= 0.3 is 6.03 Å². The molecule has 14 heteroatoms.